The topological polar surface area (TPSA) is 57.5 Å². The van der Waals surface area contributed by atoms with Crippen molar-refractivity contribution in [1.82, 2.24) is 0 Å². The van der Waals surface area contributed by atoms with Gasteiger partial charge in [-0.05, 0) is 0 Å². The summed E-state index contributed by atoms with van der Waals surface area (Å²) in [6, 6.07) is 27.6. The molecule has 5 heteroatoms. The predicted octanol–water partition coefficient (Wildman–Crippen LogP) is 1.83. The first-order valence-electron chi connectivity index (χ1n) is 7.11. The van der Waals surface area contributed by atoms with E-state index in [0.29, 0.717) is 0 Å². The van der Waals surface area contributed by atoms with Gasteiger partial charge in [0.05, 0.1) is 0 Å². The maximum absolute atomic E-state index is 12.8. The van der Waals surface area contributed by atoms with E-state index in [1.807, 2.05) is 91.0 Å². The maximum atomic E-state index is 12.8. The molecule has 0 saturated heterocycles. The molecule has 2 N–H and O–H groups in total. The van der Waals surface area contributed by atoms with Crippen LogP contribution in [0.15, 0.2) is 91.0 Å². The van der Waals surface area contributed by atoms with Crippen LogP contribution < -0.4 is 13.4 Å². The molecular formula is C18H17O3PSe. The fraction of sp³-hybridized carbons (Fsp3) is 0. The Morgan fingerprint density at radius 2 is 0.826 bits per heavy atom. The number of hydrogen-bond acceptors (Lipinski definition) is 1. The summed E-state index contributed by atoms with van der Waals surface area (Å²) in [5.41, 5.74) is 0. The average Bonchev–Trinajstić information content (AvgIpc) is 2.57. The minimum absolute atomic E-state index is 0.731. The fourth-order valence-corrected chi connectivity index (χ4v) is 15.8. The Kier molecular flexibility index (Phi) is 4.54. The molecule has 0 saturated carbocycles. The molecule has 0 fully saturated rings. The molecule has 3 rings (SSSR count). The molecule has 3 nitrogen and oxygen atoms in total. The summed E-state index contributed by atoms with van der Waals surface area (Å²) < 4.78 is 15.0. The third kappa shape index (κ3) is 2.81. The normalized spacial score (nSPS) is 12.8. The quantitative estimate of drug-likeness (QED) is 0.527. The van der Waals surface area contributed by atoms with Crippen molar-refractivity contribution in [2.24, 2.45) is 0 Å². The summed E-state index contributed by atoms with van der Waals surface area (Å²) in [5.74, 6) is 0. The summed E-state index contributed by atoms with van der Waals surface area (Å²) in [5, 5.41) is 0. The van der Waals surface area contributed by atoms with Crippen molar-refractivity contribution in [2.45, 2.75) is 0 Å². The van der Waals surface area contributed by atoms with Crippen molar-refractivity contribution in [3.8, 4) is 0 Å². The number of benzene rings is 3. The van der Waals surface area contributed by atoms with Gasteiger partial charge < -0.3 is 0 Å². The molecule has 0 amide bonds. The van der Waals surface area contributed by atoms with Crippen molar-refractivity contribution < 1.29 is 14.4 Å². The number of rotatable bonds is 4. The van der Waals surface area contributed by atoms with Crippen LogP contribution in [-0.2, 0) is 4.57 Å². The summed E-state index contributed by atoms with van der Waals surface area (Å²) in [6.45, 7) is 0. The van der Waals surface area contributed by atoms with Crippen LogP contribution in [-0.4, -0.2) is 22.2 Å². The Morgan fingerprint density at radius 1 is 0.565 bits per heavy atom. The van der Waals surface area contributed by atoms with Crippen LogP contribution in [0.2, 0.25) is 0 Å². The first kappa shape index (κ1) is 16.2. The van der Waals surface area contributed by atoms with Gasteiger partial charge in [-0.2, -0.15) is 0 Å². The van der Waals surface area contributed by atoms with Gasteiger partial charge in [0.15, 0.2) is 0 Å². The van der Waals surface area contributed by atoms with Gasteiger partial charge in [0.1, 0.15) is 0 Å². The van der Waals surface area contributed by atoms with E-state index in [0.717, 1.165) is 13.4 Å². The van der Waals surface area contributed by atoms with Gasteiger partial charge in [-0.1, -0.05) is 0 Å². The molecule has 0 bridgehead atoms. The van der Waals surface area contributed by atoms with Gasteiger partial charge in [-0.15, -0.1) is 0 Å². The van der Waals surface area contributed by atoms with Gasteiger partial charge >= 0.3 is 137 Å². The average molecular weight is 391 g/mol. The van der Waals surface area contributed by atoms with Gasteiger partial charge in [0, 0.05) is 0 Å². The second-order valence-corrected chi connectivity index (χ2v) is 17.2. The van der Waals surface area contributed by atoms with E-state index in [4.69, 9.17) is 0 Å². The molecule has 0 aliphatic carbocycles. The molecule has 0 heterocycles. The van der Waals surface area contributed by atoms with Gasteiger partial charge in [-0.25, -0.2) is 0 Å². The second-order valence-electron chi connectivity index (χ2n) is 5.01. The van der Waals surface area contributed by atoms with Crippen LogP contribution in [0.5, 0.6) is 0 Å². The second kappa shape index (κ2) is 6.45. The van der Waals surface area contributed by atoms with Gasteiger partial charge in [-0.3, -0.25) is 0 Å². The van der Waals surface area contributed by atoms with Gasteiger partial charge in [0.2, 0.25) is 0 Å². The molecule has 0 aromatic heterocycles. The zero-order valence-electron chi connectivity index (χ0n) is 12.3. The van der Waals surface area contributed by atoms with E-state index >= 15 is 0 Å². The molecule has 0 atom stereocenters. The summed E-state index contributed by atoms with van der Waals surface area (Å²) >= 11 is -3.70. The van der Waals surface area contributed by atoms with Crippen molar-refractivity contribution in [3.05, 3.63) is 91.0 Å². The van der Waals surface area contributed by atoms with Crippen LogP contribution in [0.3, 0.4) is 0 Å². The zero-order valence-corrected chi connectivity index (χ0v) is 14.9. The Hall–Kier alpha value is -1.67. The fourth-order valence-electron chi connectivity index (χ4n) is 2.67. The molecule has 118 valence electrons. The Labute approximate surface area is 137 Å². The first-order valence-corrected chi connectivity index (χ1v) is 13.5. The van der Waals surface area contributed by atoms with Crippen LogP contribution >= 0.6 is 6.29 Å². The molecule has 0 radical (unpaired) electrons. The third-order valence-electron chi connectivity index (χ3n) is 3.61. The molecule has 23 heavy (non-hydrogen) atoms. The van der Waals surface area contributed by atoms with Crippen LogP contribution in [0.4, 0.5) is 0 Å². The molecule has 3 aromatic rings. The molecule has 0 aliphatic rings. The summed E-state index contributed by atoms with van der Waals surface area (Å²) in [7, 11) is 0. The van der Waals surface area contributed by atoms with E-state index in [9.17, 15) is 14.4 Å². The van der Waals surface area contributed by atoms with Crippen molar-refractivity contribution >= 4 is 32.1 Å². The molecule has 0 spiro atoms. The number of hydrogen-bond donors (Lipinski definition) is 2. The monoisotopic (exact) mass is 392 g/mol. The Bertz CT molecular complexity index is 720. The summed E-state index contributed by atoms with van der Waals surface area (Å²) in [4.78, 5) is 20.9. The molecule has 3 aromatic carbocycles. The molecule has 0 aliphatic heterocycles. The van der Waals surface area contributed by atoms with Crippen LogP contribution in [0.25, 0.3) is 0 Å². The van der Waals surface area contributed by atoms with Crippen LogP contribution in [0.1, 0.15) is 0 Å². The Balaban J connectivity index is 2.44. The SMILES string of the molecule is O=P(O)(O)[Se](c1ccccc1)(c1ccccc1)c1ccccc1. The summed E-state index contributed by atoms with van der Waals surface area (Å²) in [6.07, 6.45) is -4.42. The molecular weight excluding hydrogens is 374 g/mol. The van der Waals surface area contributed by atoms with Crippen LogP contribution in [0, 0.1) is 0 Å². The van der Waals surface area contributed by atoms with E-state index in [1.54, 1.807) is 0 Å². The standard InChI is InChI=1S/C18H17O3PSe/c19-22(20,21)23(16-10-4-1-5-11-16,17-12-6-2-7-13-17)18-14-8-3-9-15-18/h1-15H,(H2,19,20,21). The van der Waals surface area contributed by atoms with E-state index in [-0.39, 0.29) is 0 Å². The van der Waals surface area contributed by atoms with E-state index in [1.165, 1.54) is 0 Å². The predicted molar refractivity (Wildman–Crippen MR) is 96.0 cm³/mol. The van der Waals surface area contributed by atoms with Crippen molar-refractivity contribution in [3.63, 3.8) is 0 Å². The minimum atomic E-state index is -4.42. The first-order chi connectivity index (χ1) is 11.1. The zero-order chi connectivity index (χ0) is 16.3. The van der Waals surface area contributed by atoms with E-state index in [2.05, 4.69) is 0 Å². The van der Waals surface area contributed by atoms with Gasteiger partial charge in [0.25, 0.3) is 0 Å². The van der Waals surface area contributed by atoms with E-state index < -0.39 is 18.7 Å². The van der Waals surface area contributed by atoms with Crippen molar-refractivity contribution in [2.75, 3.05) is 0 Å². The van der Waals surface area contributed by atoms with Crippen molar-refractivity contribution in [1.29, 1.82) is 0 Å². The molecule has 0 unspecified atom stereocenters. The Morgan fingerprint density at radius 3 is 1.04 bits per heavy atom. The third-order valence-corrected chi connectivity index (χ3v) is 18.1.